The van der Waals surface area contributed by atoms with E-state index in [1.54, 1.807) is 6.33 Å². The highest BCUT2D eigenvalue weighted by Crippen LogP contribution is 2.47. The predicted molar refractivity (Wildman–Crippen MR) is 208 cm³/mol. The number of nitrogens with zero attached hydrogens (tertiary/aromatic N) is 5. The van der Waals surface area contributed by atoms with Crippen molar-refractivity contribution < 1.29 is 27.7 Å². The predicted octanol–water partition coefficient (Wildman–Crippen LogP) is 8.69. The third kappa shape index (κ3) is 8.69. The molecule has 51 heavy (non-hydrogen) atoms. The first-order valence-electron chi connectivity index (χ1n) is 17.6. The average molecular weight is 759 g/mol. The van der Waals surface area contributed by atoms with Crippen molar-refractivity contribution in [2.75, 3.05) is 11.9 Å². The number of nitrogens with one attached hydrogen (secondary N) is 1. The van der Waals surface area contributed by atoms with Crippen LogP contribution in [0, 0.1) is 10.1 Å². The highest BCUT2D eigenvalue weighted by Gasteiger charge is 2.55. The number of ether oxygens (including phenoxy) is 1. The Kier molecular flexibility index (Phi) is 11.4. The van der Waals surface area contributed by atoms with Crippen LogP contribution in [0.3, 0.4) is 0 Å². The summed E-state index contributed by atoms with van der Waals surface area (Å²) in [4.78, 5) is 37.4. The number of benzene rings is 1. The molecule has 0 spiro atoms. The molecule has 0 saturated carbocycles. The molecule has 0 radical (unpaired) electrons. The second-order valence-corrected chi connectivity index (χ2v) is 32.4. The summed E-state index contributed by atoms with van der Waals surface area (Å²) in [6.45, 7) is 33.8. The fourth-order valence-corrected chi connectivity index (χ4v) is 8.54. The summed E-state index contributed by atoms with van der Waals surface area (Å²) >= 11 is 0. The van der Waals surface area contributed by atoms with Gasteiger partial charge in [-0.3, -0.25) is 19.5 Å². The van der Waals surface area contributed by atoms with Gasteiger partial charge in [-0.1, -0.05) is 62.3 Å². The molecule has 1 aliphatic rings. The fourth-order valence-electron chi connectivity index (χ4n) is 4.92. The van der Waals surface area contributed by atoms with E-state index < -0.39 is 60.3 Å². The fraction of sp³-hybridized carbons (Fsp3) is 0.657. The molecule has 1 fully saturated rings. The van der Waals surface area contributed by atoms with Crippen LogP contribution in [-0.2, 0) is 18.0 Å². The van der Waals surface area contributed by atoms with Crippen molar-refractivity contribution in [3.63, 3.8) is 0 Å². The van der Waals surface area contributed by atoms with Crippen LogP contribution in [0.25, 0.3) is 11.2 Å². The molecule has 282 valence electrons. The highest BCUT2D eigenvalue weighted by molar-refractivity contribution is 6.75. The van der Waals surface area contributed by atoms with E-state index in [-0.39, 0.29) is 32.2 Å². The van der Waals surface area contributed by atoms with E-state index in [9.17, 15) is 14.9 Å². The van der Waals surface area contributed by atoms with Crippen molar-refractivity contribution in [3.05, 3.63) is 52.6 Å². The lowest BCUT2D eigenvalue weighted by molar-refractivity contribution is -0.384. The molecule has 0 aliphatic carbocycles. The molecule has 4 atom stereocenters. The van der Waals surface area contributed by atoms with Crippen molar-refractivity contribution in [2.24, 2.45) is 0 Å². The zero-order valence-electron chi connectivity index (χ0n) is 33.1. The minimum atomic E-state index is -2.40. The summed E-state index contributed by atoms with van der Waals surface area (Å²) in [6, 6.07) is 5.36. The van der Waals surface area contributed by atoms with Crippen LogP contribution >= 0.6 is 0 Å². The number of nitro benzene ring substituents is 1. The molecule has 1 amide bonds. The van der Waals surface area contributed by atoms with Crippen molar-refractivity contribution in [2.45, 2.75) is 141 Å². The van der Waals surface area contributed by atoms with Crippen molar-refractivity contribution in [3.8, 4) is 0 Å². The first-order chi connectivity index (χ1) is 23.2. The molecule has 0 unspecified atom stereocenters. The molecule has 3 aromatic rings. The van der Waals surface area contributed by atoms with Crippen LogP contribution in [0.15, 0.2) is 36.9 Å². The summed E-state index contributed by atoms with van der Waals surface area (Å²) in [6.07, 6.45) is 0.961. The van der Waals surface area contributed by atoms with E-state index in [1.807, 2.05) is 4.57 Å². The van der Waals surface area contributed by atoms with Gasteiger partial charge in [-0.25, -0.2) is 15.0 Å². The van der Waals surface area contributed by atoms with Gasteiger partial charge in [0.05, 0.1) is 17.9 Å². The highest BCUT2D eigenvalue weighted by atomic mass is 28.4. The molecule has 13 nitrogen and oxygen atoms in total. The van der Waals surface area contributed by atoms with Crippen LogP contribution in [0.4, 0.5) is 11.5 Å². The van der Waals surface area contributed by atoms with Crippen molar-refractivity contribution >= 4 is 53.5 Å². The largest absolute Gasteiger partial charge is 0.414 e. The first-order valence-corrected chi connectivity index (χ1v) is 26.3. The van der Waals surface area contributed by atoms with Gasteiger partial charge < -0.3 is 23.3 Å². The second kappa shape index (κ2) is 14.2. The minimum absolute atomic E-state index is 0.00457. The Morgan fingerprint density at radius 2 is 1.37 bits per heavy atom. The Morgan fingerprint density at radius 1 is 0.843 bits per heavy atom. The van der Waals surface area contributed by atoms with E-state index in [2.05, 4.69) is 122 Å². The number of imidazole rings is 1. The van der Waals surface area contributed by atoms with Gasteiger partial charge in [0.1, 0.15) is 24.6 Å². The molecule has 2 aromatic heterocycles. The van der Waals surface area contributed by atoms with Crippen molar-refractivity contribution in [1.82, 2.24) is 19.5 Å². The number of hydrogen-bond donors (Lipinski definition) is 1. The number of non-ortho nitro benzene ring substituents is 1. The van der Waals surface area contributed by atoms with Crippen LogP contribution < -0.4 is 5.32 Å². The molecule has 1 N–H and O–H groups in total. The molecular weight excluding hydrogens is 701 g/mol. The Hall–Kier alpha value is -2.87. The number of hydrogen-bond acceptors (Lipinski definition) is 10. The third-order valence-corrected chi connectivity index (χ3v) is 24.8. The summed E-state index contributed by atoms with van der Waals surface area (Å²) in [5.41, 5.74) is 0.953. The number of anilines is 1. The maximum atomic E-state index is 13.2. The molecule has 1 aromatic carbocycles. The molecule has 3 heterocycles. The Labute approximate surface area is 305 Å². The van der Waals surface area contributed by atoms with Gasteiger partial charge in [-0.2, -0.15) is 0 Å². The number of amides is 1. The summed E-state index contributed by atoms with van der Waals surface area (Å²) < 4.78 is 30.2. The maximum absolute atomic E-state index is 13.2. The Balaban J connectivity index is 1.80. The number of nitro groups is 1. The second-order valence-electron chi connectivity index (χ2n) is 18.1. The van der Waals surface area contributed by atoms with Crippen LogP contribution in [0.2, 0.25) is 54.4 Å². The van der Waals surface area contributed by atoms with Gasteiger partial charge in [0.2, 0.25) is 0 Å². The standard InChI is InChI=1S/C35H58N6O7Si3/c1-33(2,3)49(10,11)45-20-25-27(47-50(12,13)34(4,5)6)28(48-51(14,15)35(7,8)9)32(46-25)40-22-38-26-29(36-21-37-30(26)40)39-31(42)23-16-18-24(19-17-23)41(43)44/h16-19,21-22,25,27-28,32H,20H2,1-15H3,(H,36,37,39,42)/t25-,27-,28-,32-/m1/s1. The number of fused-ring (bicyclic) bond motifs is 1. The number of carbonyl (C=O) groups excluding carboxylic acids is 1. The molecule has 16 heteroatoms. The topological polar surface area (TPSA) is 153 Å². The van der Waals surface area contributed by atoms with Crippen LogP contribution in [0.1, 0.15) is 78.9 Å². The van der Waals surface area contributed by atoms with E-state index in [4.69, 9.17) is 18.0 Å². The molecule has 0 bridgehead atoms. The Morgan fingerprint density at radius 3 is 1.88 bits per heavy atom. The van der Waals surface area contributed by atoms with Gasteiger partial charge in [0.25, 0.3) is 11.6 Å². The lowest BCUT2D eigenvalue weighted by Crippen LogP contribution is -2.54. The molecule has 4 rings (SSSR count). The quantitative estimate of drug-likeness (QED) is 0.114. The first kappa shape index (κ1) is 40.9. The van der Waals surface area contributed by atoms with Crippen LogP contribution in [-0.4, -0.2) is 80.2 Å². The normalized spacial score (nSPS) is 20.9. The number of carbonyl (C=O) groups is 1. The minimum Gasteiger partial charge on any atom is -0.414 e. The van der Waals surface area contributed by atoms with E-state index >= 15 is 0 Å². The molecule has 1 saturated heterocycles. The summed E-state index contributed by atoms with van der Waals surface area (Å²) in [7, 11) is -6.90. The van der Waals surface area contributed by atoms with Crippen LogP contribution in [0.5, 0.6) is 0 Å². The lowest BCUT2D eigenvalue weighted by Gasteiger charge is -2.44. The van der Waals surface area contributed by atoms with Gasteiger partial charge in [0.15, 0.2) is 48.2 Å². The summed E-state index contributed by atoms with van der Waals surface area (Å²) in [5.74, 6) is -0.282. The molecular formula is C35H58N6O7Si3. The zero-order valence-corrected chi connectivity index (χ0v) is 36.1. The van der Waals surface area contributed by atoms with E-state index in [0.29, 0.717) is 17.8 Å². The number of rotatable bonds is 11. The monoisotopic (exact) mass is 758 g/mol. The van der Waals surface area contributed by atoms with Gasteiger partial charge in [-0.15, -0.1) is 0 Å². The van der Waals surface area contributed by atoms with Gasteiger partial charge >= 0.3 is 0 Å². The summed E-state index contributed by atoms with van der Waals surface area (Å²) in [5, 5.41) is 13.7. The maximum Gasteiger partial charge on any atom is 0.269 e. The lowest BCUT2D eigenvalue weighted by atomic mass is 10.1. The van der Waals surface area contributed by atoms with E-state index in [0.717, 1.165) is 0 Å². The zero-order chi connectivity index (χ0) is 38.5. The smallest absolute Gasteiger partial charge is 0.269 e. The molecule has 1 aliphatic heterocycles. The Bertz CT molecular complexity index is 1730. The average Bonchev–Trinajstić information content (AvgIpc) is 3.55. The SMILES string of the molecule is CC(C)(C)[Si](C)(C)OC[C@H]1O[C@@H](n2cnc3c(NC(=O)c4ccc([N+](=O)[O-])cc4)ncnc32)[C@H](O[Si](C)(C)C(C)(C)C)[C@@H]1O[Si](C)(C)C(C)(C)C. The van der Waals surface area contributed by atoms with Gasteiger partial charge in [0, 0.05) is 17.7 Å². The third-order valence-electron chi connectivity index (χ3n) is 11.4. The number of aromatic nitrogens is 4. The van der Waals surface area contributed by atoms with Crippen molar-refractivity contribution in [1.29, 1.82) is 0 Å². The van der Waals surface area contributed by atoms with E-state index in [1.165, 1.54) is 30.6 Å². The van der Waals surface area contributed by atoms with Gasteiger partial charge in [-0.05, 0) is 66.5 Å².